The van der Waals surface area contributed by atoms with Crippen LogP contribution in [0.4, 0.5) is 0 Å². The van der Waals surface area contributed by atoms with Crippen molar-refractivity contribution < 1.29 is 9.47 Å². The normalized spacial score (nSPS) is 20.6. The summed E-state index contributed by atoms with van der Waals surface area (Å²) in [5.41, 5.74) is 1.27. The Hall–Kier alpha value is -1.43. The van der Waals surface area contributed by atoms with Crippen LogP contribution in [0.1, 0.15) is 37.7 Å². The molecule has 1 aromatic heterocycles. The van der Waals surface area contributed by atoms with E-state index in [1.165, 1.54) is 31.5 Å². The summed E-state index contributed by atoms with van der Waals surface area (Å²) in [6.45, 7) is 11.9. The summed E-state index contributed by atoms with van der Waals surface area (Å²) in [5, 5.41) is 0. The third-order valence-electron chi connectivity index (χ3n) is 5.16. The molecule has 5 nitrogen and oxygen atoms in total. The number of aromatic nitrogens is 1. The minimum absolute atomic E-state index is 0.142. The van der Waals surface area contributed by atoms with Gasteiger partial charge in [-0.25, -0.2) is 4.98 Å². The largest absolute Gasteiger partial charge is 0.473 e. The van der Waals surface area contributed by atoms with Crippen LogP contribution in [0, 0.1) is 0 Å². The molecule has 1 aromatic rings. The quantitative estimate of drug-likeness (QED) is 0.634. The van der Waals surface area contributed by atoms with Crippen LogP contribution in [0.25, 0.3) is 0 Å². The first kappa shape index (κ1) is 19.3. The fraction of sp³-hybridized carbons (Fsp3) is 0.667. The lowest BCUT2D eigenvalue weighted by Crippen LogP contribution is -2.37. The smallest absolute Gasteiger partial charge is 0.213 e. The van der Waals surface area contributed by atoms with Crippen molar-refractivity contribution in [1.82, 2.24) is 14.8 Å². The van der Waals surface area contributed by atoms with E-state index in [2.05, 4.69) is 27.4 Å². The van der Waals surface area contributed by atoms with Crippen molar-refractivity contribution >= 4 is 0 Å². The van der Waals surface area contributed by atoms with E-state index < -0.39 is 0 Å². The van der Waals surface area contributed by atoms with E-state index in [-0.39, 0.29) is 6.10 Å². The van der Waals surface area contributed by atoms with Crippen molar-refractivity contribution in [3.05, 3.63) is 36.5 Å². The average molecular weight is 360 g/mol. The Morgan fingerprint density at radius 3 is 2.73 bits per heavy atom. The van der Waals surface area contributed by atoms with Crippen LogP contribution in [0.15, 0.2) is 31.0 Å². The second kappa shape index (κ2) is 10.7. The number of rotatable bonds is 9. The van der Waals surface area contributed by atoms with Gasteiger partial charge in [0, 0.05) is 45.0 Å². The van der Waals surface area contributed by atoms with E-state index >= 15 is 0 Å². The molecule has 2 fully saturated rings. The Balaban J connectivity index is 1.53. The lowest BCUT2D eigenvalue weighted by atomic mass is 10.1. The molecule has 0 aromatic carbocycles. The maximum Gasteiger partial charge on any atom is 0.213 e. The minimum Gasteiger partial charge on any atom is -0.473 e. The molecular weight excluding hydrogens is 326 g/mol. The van der Waals surface area contributed by atoms with Crippen LogP contribution in [0.2, 0.25) is 0 Å². The van der Waals surface area contributed by atoms with Crippen LogP contribution in [0.5, 0.6) is 5.88 Å². The molecule has 0 spiro atoms. The van der Waals surface area contributed by atoms with E-state index in [1.807, 2.05) is 18.3 Å². The van der Waals surface area contributed by atoms with Crippen molar-refractivity contribution in [3.8, 4) is 5.88 Å². The number of allylic oxidation sites excluding steroid dienone is 1. The Kier molecular flexibility index (Phi) is 7.92. The van der Waals surface area contributed by atoms with Crippen molar-refractivity contribution in [2.24, 2.45) is 0 Å². The first-order valence-electron chi connectivity index (χ1n) is 10.1. The molecule has 0 N–H and O–H groups in total. The monoisotopic (exact) mass is 359 g/mol. The van der Waals surface area contributed by atoms with Crippen LogP contribution >= 0.6 is 0 Å². The summed E-state index contributed by atoms with van der Waals surface area (Å²) in [7, 11) is 0. The molecular formula is C21H33N3O2. The summed E-state index contributed by atoms with van der Waals surface area (Å²) in [6, 6.07) is 4.18. The lowest BCUT2D eigenvalue weighted by Gasteiger charge is -2.26. The van der Waals surface area contributed by atoms with Crippen LogP contribution < -0.4 is 4.74 Å². The van der Waals surface area contributed by atoms with Gasteiger partial charge in [0.2, 0.25) is 5.88 Å². The average Bonchev–Trinajstić information content (AvgIpc) is 3.03. The second-order valence-electron chi connectivity index (χ2n) is 7.36. The maximum atomic E-state index is 6.23. The van der Waals surface area contributed by atoms with Gasteiger partial charge in [-0.2, -0.15) is 0 Å². The number of ether oxygens (including phenoxy) is 2. The van der Waals surface area contributed by atoms with Gasteiger partial charge in [-0.05, 0) is 50.8 Å². The van der Waals surface area contributed by atoms with E-state index in [0.29, 0.717) is 0 Å². The molecule has 0 amide bonds. The van der Waals surface area contributed by atoms with Gasteiger partial charge in [0.05, 0.1) is 6.61 Å². The first-order valence-corrected chi connectivity index (χ1v) is 10.1. The SMILES string of the molecule is C=CCC[C@H](CN1CCCOCC1)Oc1ccc(CN2CCCC2)cn1. The summed E-state index contributed by atoms with van der Waals surface area (Å²) in [5.74, 6) is 0.732. The molecule has 0 unspecified atom stereocenters. The minimum atomic E-state index is 0.142. The molecule has 2 aliphatic heterocycles. The summed E-state index contributed by atoms with van der Waals surface area (Å²) >= 11 is 0. The van der Waals surface area contributed by atoms with Gasteiger partial charge >= 0.3 is 0 Å². The predicted octanol–water partition coefficient (Wildman–Crippen LogP) is 3.11. The zero-order valence-electron chi connectivity index (χ0n) is 15.9. The van der Waals surface area contributed by atoms with Crippen molar-refractivity contribution in [2.45, 2.75) is 44.8 Å². The van der Waals surface area contributed by atoms with Crippen LogP contribution in [-0.2, 0) is 11.3 Å². The standard InChI is InChI=1S/C21H33N3O2/c1-2-3-7-20(18-24-12-6-14-25-15-13-24)26-21-9-8-19(16-22-21)17-23-10-4-5-11-23/h2,8-9,16,20H,1,3-7,10-15,17-18H2/t20-/m1/s1. The number of hydrogen-bond acceptors (Lipinski definition) is 5. The highest BCUT2D eigenvalue weighted by Gasteiger charge is 2.18. The Bertz CT molecular complexity index is 521. The van der Waals surface area contributed by atoms with Crippen molar-refractivity contribution in [2.75, 3.05) is 45.9 Å². The van der Waals surface area contributed by atoms with Gasteiger partial charge in [0.15, 0.2) is 0 Å². The second-order valence-corrected chi connectivity index (χ2v) is 7.36. The molecule has 3 heterocycles. The topological polar surface area (TPSA) is 37.8 Å². The highest BCUT2D eigenvalue weighted by atomic mass is 16.5. The molecule has 2 saturated heterocycles. The first-order chi connectivity index (χ1) is 12.8. The molecule has 0 saturated carbocycles. The fourth-order valence-electron chi connectivity index (χ4n) is 3.70. The van der Waals surface area contributed by atoms with E-state index in [1.54, 1.807) is 0 Å². The Labute approximate surface area is 158 Å². The molecule has 2 aliphatic rings. The molecule has 26 heavy (non-hydrogen) atoms. The van der Waals surface area contributed by atoms with E-state index in [4.69, 9.17) is 9.47 Å². The third-order valence-corrected chi connectivity index (χ3v) is 5.16. The van der Waals surface area contributed by atoms with E-state index in [9.17, 15) is 0 Å². The molecule has 144 valence electrons. The maximum absolute atomic E-state index is 6.23. The molecule has 5 heteroatoms. The molecule has 1 atom stereocenters. The number of hydrogen-bond donors (Lipinski definition) is 0. The third kappa shape index (κ3) is 6.38. The highest BCUT2D eigenvalue weighted by molar-refractivity contribution is 5.18. The number of pyridine rings is 1. The molecule has 3 rings (SSSR count). The van der Waals surface area contributed by atoms with Gasteiger partial charge in [0.1, 0.15) is 6.10 Å². The lowest BCUT2D eigenvalue weighted by molar-refractivity contribution is 0.109. The van der Waals surface area contributed by atoms with Crippen molar-refractivity contribution in [1.29, 1.82) is 0 Å². The van der Waals surface area contributed by atoms with Crippen LogP contribution in [-0.4, -0.2) is 66.8 Å². The predicted molar refractivity (Wildman–Crippen MR) is 104 cm³/mol. The Morgan fingerprint density at radius 2 is 1.96 bits per heavy atom. The summed E-state index contributed by atoms with van der Waals surface area (Å²) in [6.07, 6.45) is 9.75. The van der Waals surface area contributed by atoms with E-state index in [0.717, 1.165) is 64.5 Å². The fourth-order valence-corrected chi connectivity index (χ4v) is 3.70. The van der Waals surface area contributed by atoms with Gasteiger partial charge in [-0.1, -0.05) is 12.1 Å². The van der Waals surface area contributed by atoms with Crippen LogP contribution in [0.3, 0.4) is 0 Å². The Morgan fingerprint density at radius 1 is 1.12 bits per heavy atom. The van der Waals surface area contributed by atoms with Gasteiger partial charge in [0.25, 0.3) is 0 Å². The molecule has 0 bridgehead atoms. The van der Waals surface area contributed by atoms with Crippen molar-refractivity contribution in [3.63, 3.8) is 0 Å². The summed E-state index contributed by atoms with van der Waals surface area (Å²) < 4.78 is 11.8. The van der Waals surface area contributed by atoms with Gasteiger partial charge < -0.3 is 9.47 Å². The zero-order chi connectivity index (χ0) is 18.0. The molecule has 0 radical (unpaired) electrons. The van der Waals surface area contributed by atoms with Gasteiger partial charge in [-0.3, -0.25) is 9.80 Å². The number of likely N-dealkylation sites (tertiary alicyclic amines) is 1. The highest BCUT2D eigenvalue weighted by Crippen LogP contribution is 2.17. The molecule has 0 aliphatic carbocycles. The number of nitrogens with zero attached hydrogens (tertiary/aromatic N) is 3. The summed E-state index contributed by atoms with van der Waals surface area (Å²) in [4.78, 5) is 9.50. The zero-order valence-corrected chi connectivity index (χ0v) is 15.9. The van der Waals surface area contributed by atoms with Gasteiger partial charge in [-0.15, -0.1) is 6.58 Å².